The molecule has 2 aromatic rings. The molecule has 2 aliphatic heterocycles. The Morgan fingerprint density at radius 2 is 1.78 bits per heavy atom. The van der Waals surface area contributed by atoms with E-state index in [0.29, 0.717) is 11.4 Å². The largest absolute Gasteiger partial charge is 0.314 e. The van der Waals surface area contributed by atoms with Gasteiger partial charge in [0.2, 0.25) is 10.0 Å². The fraction of sp³-hybridized carbons (Fsp3) is 0.600. The zero-order valence-corrected chi connectivity index (χ0v) is 16.4. The van der Waals surface area contributed by atoms with Crippen LogP contribution in [-0.4, -0.2) is 34.0 Å². The van der Waals surface area contributed by atoms with E-state index in [1.165, 1.54) is 17.5 Å². The van der Waals surface area contributed by atoms with Gasteiger partial charge in [-0.2, -0.15) is 4.31 Å². The highest BCUT2D eigenvalue weighted by Gasteiger charge is 2.39. The maximum atomic E-state index is 13.4. The van der Waals surface area contributed by atoms with E-state index in [9.17, 15) is 8.42 Å². The number of rotatable bonds is 3. The van der Waals surface area contributed by atoms with Crippen LogP contribution in [0, 0.1) is 0 Å². The highest BCUT2D eigenvalue weighted by Crippen LogP contribution is 2.37. The molecule has 6 nitrogen and oxygen atoms in total. The van der Waals surface area contributed by atoms with Crippen molar-refractivity contribution in [3.8, 4) is 0 Å². The van der Waals surface area contributed by atoms with Crippen molar-refractivity contribution < 1.29 is 8.42 Å². The lowest BCUT2D eigenvalue weighted by Gasteiger charge is -2.24. The minimum Gasteiger partial charge on any atom is -0.314 e. The summed E-state index contributed by atoms with van der Waals surface area (Å²) in [5, 5.41) is 8.83. The van der Waals surface area contributed by atoms with Gasteiger partial charge in [0.15, 0.2) is 5.82 Å². The summed E-state index contributed by atoms with van der Waals surface area (Å²) >= 11 is 0. The molecule has 1 aromatic carbocycles. The number of aromatic nitrogens is 3. The quantitative estimate of drug-likeness (QED) is 0.813. The lowest BCUT2D eigenvalue weighted by Crippen LogP contribution is -2.32. The van der Waals surface area contributed by atoms with Crippen molar-refractivity contribution in [3.63, 3.8) is 0 Å². The topological polar surface area (TPSA) is 68.1 Å². The van der Waals surface area contributed by atoms with Crippen LogP contribution < -0.4 is 0 Å². The lowest BCUT2D eigenvalue weighted by molar-refractivity contribution is 0.370. The summed E-state index contributed by atoms with van der Waals surface area (Å²) in [5.41, 5.74) is 2.50. The second-order valence-corrected chi connectivity index (χ2v) is 9.89. The number of sulfonamides is 1. The van der Waals surface area contributed by atoms with Crippen molar-refractivity contribution >= 4 is 10.0 Å². The summed E-state index contributed by atoms with van der Waals surface area (Å²) in [4.78, 5) is 0.436. The van der Waals surface area contributed by atoms with Gasteiger partial charge in [0.25, 0.3) is 0 Å². The number of aryl methyl sites for hydroxylation is 3. The van der Waals surface area contributed by atoms with Gasteiger partial charge in [0.1, 0.15) is 5.82 Å². The van der Waals surface area contributed by atoms with E-state index in [1.807, 2.05) is 12.1 Å². The summed E-state index contributed by atoms with van der Waals surface area (Å²) in [6.07, 6.45) is 9.26. The van der Waals surface area contributed by atoms with Crippen LogP contribution >= 0.6 is 0 Å². The van der Waals surface area contributed by atoms with Crippen molar-refractivity contribution in [3.05, 3.63) is 41.0 Å². The summed E-state index contributed by atoms with van der Waals surface area (Å²) in [6.45, 7) is 1.47. The van der Waals surface area contributed by atoms with Crippen LogP contribution in [-0.2, 0) is 35.8 Å². The third-order valence-electron chi connectivity index (χ3n) is 6.32. The third kappa shape index (κ3) is 2.91. The van der Waals surface area contributed by atoms with Gasteiger partial charge in [-0.3, -0.25) is 0 Å². The molecule has 1 atom stereocenters. The van der Waals surface area contributed by atoms with Gasteiger partial charge in [-0.15, -0.1) is 10.2 Å². The summed E-state index contributed by atoms with van der Waals surface area (Å²) in [5.74, 6) is 1.86. The molecular formula is C20H26N4O2S. The second-order valence-electron chi connectivity index (χ2n) is 7.99. The summed E-state index contributed by atoms with van der Waals surface area (Å²) < 4.78 is 30.7. The SMILES string of the molecule is O=S(=O)(c1ccc2c(c1)CCC2)N1CCCC1c1nnc2n1CCCCC2. The minimum absolute atomic E-state index is 0.192. The molecular weight excluding hydrogens is 360 g/mol. The van der Waals surface area contributed by atoms with Crippen LogP contribution in [0.1, 0.15) is 67.3 Å². The second kappa shape index (κ2) is 6.71. The molecule has 27 heavy (non-hydrogen) atoms. The monoisotopic (exact) mass is 386 g/mol. The van der Waals surface area contributed by atoms with Gasteiger partial charge in [-0.1, -0.05) is 12.5 Å². The molecule has 144 valence electrons. The number of hydrogen-bond donors (Lipinski definition) is 0. The van der Waals surface area contributed by atoms with Gasteiger partial charge >= 0.3 is 0 Å². The third-order valence-corrected chi connectivity index (χ3v) is 8.22. The van der Waals surface area contributed by atoms with Crippen molar-refractivity contribution in [2.24, 2.45) is 0 Å². The Morgan fingerprint density at radius 1 is 0.889 bits per heavy atom. The maximum absolute atomic E-state index is 13.4. The first-order valence-corrected chi connectivity index (χ1v) is 11.6. The molecule has 1 unspecified atom stereocenters. The predicted octanol–water partition coefficient (Wildman–Crippen LogP) is 3.02. The highest BCUT2D eigenvalue weighted by molar-refractivity contribution is 7.89. The van der Waals surface area contributed by atoms with E-state index in [0.717, 1.165) is 69.6 Å². The van der Waals surface area contributed by atoms with Crippen molar-refractivity contribution in [1.82, 2.24) is 19.1 Å². The smallest absolute Gasteiger partial charge is 0.243 e. The average Bonchev–Trinajstić information content (AvgIpc) is 3.37. The fourth-order valence-electron chi connectivity index (χ4n) is 4.88. The summed E-state index contributed by atoms with van der Waals surface area (Å²) in [7, 11) is -3.52. The van der Waals surface area contributed by atoms with Gasteiger partial charge in [-0.25, -0.2) is 8.42 Å². The van der Waals surface area contributed by atoms with E-state index in [-0.39, 0.29) is 6.04 Å². The molecule has 3 aliphatic rings. The van der Waals surface area contributed by atoms with Gasteiger partial charge in [0, 0.05) is 19.5 Å². The Hall–Kier alpha value is -1.73. The van der Waals surface area contributed by atoms with Crippen molar-refractivity contribution in [1.29, 1.82) is 0 Å². The Labute approximate surface area is 160 Å². The molecule has 0 N–H and O–H groups in total. The van der Waals surface area contributed by atoms with E-state index in [4.69, 9.17) is 0 Å². The number of hydrogen-bond acceptors (Lipinski definition) is 4. The molecule has 3 heterocycles. The Kier molecular flexibility index (Phi) is 4.31. The molecule has 1 aliphatic carbocycles. The van der Waals surface area contributed by atoms with E-state index in [2.05, 4.69) is 14.8 Å². The molecule has 0 spiro atoms. The van der Waals surface area contributed by atoms with Crippen LogP contribution in [0.25, 0.3) is 0 Å². The molecule has 1 aromatic heterocycles. The first-order chi connectivity index (χ1) is 13.1. The van der Waals surface area contributed by atoms with E-state index >= 15 is 0 Å². The lowest BCUT2D eigenvalue weighted by atomic mass is 10.1. The van der Waals surface area contributed by atoms with Gasteiger partial charge in [0.05, 0.1) is 10.9 Å². The van der Waals surface area contributed by atoms with Crippen LogP contribution in [0.2, 0.25) is 0 Å². The maximum Gasteiger partial charge on any atom is 0.243 e. The fourth-order valence-corrected chi connectivity index (χ4v) is 6.59. The van der Waals surface area contributed by atoms with Crippen LogP contribution in [0.3, 0.4) is 0 Å². The number of benzene rings is 1. The molecule has 7 heteroatoms. The Balaban J connectivity index is 1.50. The highest BCUT2D eigenvalue weighted by atomic mass is 32.2. The van der Waals surface area contributed by atoms with Crippen molar-refractivity contribution in [2.45, 2.75) is 75.3 Å². The molecule has 0 amide bonds. The van der Waals surface area contributed by atoms with Crippen molar-refractivity contribution in [2.75, 3.05) is 6.54 Å². The standard InChI is InChI=1S/C20H26N4O2S/c25-27(26,17-11-10-15-6-4-7-16(15)14-17)24-13-5-8-18(24)20-22-21-19-9-2-1-3-12-23(19)20/h10-11,14,18H,1-9,12-13H2. The predicted molar refractivity (Wildman–Crippen MR) is 102 cm³/mol. The zero-order chi connectivity index (χ0) is 18.4. The van der Waals surface area contributed by atoms with Crippen LogP contribution in [0.5, 0.6) is 0 Å². The number of nitrogens with zero attached hydrogens (tertiary/aromatic N) is 4. The average molecular weight is 387 g/mol. The zero-order valence-electron chi connectivity index (χ0n) is 15.6. The molecule has 0 saturated carbocycles. The molecule has 0 radical (unpaired) electrons. The molecule has 0 bridgehead atoms. The molecule has 1 saturated heterocycles. The normalized spacial score (nSPS) is 23.2. The van der Waals surface area contributed by atoms with E-state index < -0.39 is 10.0 Å². The van der Waals surface area contributed by atoms with Crippen LogP contribution in [0.15, 0.2) is 23.1 Å². The molecule has 5 rings (SSSR count). The Bertz CT molecular complexity index is 966. The minimum atomic E-state index is -3.52. The summed E-state index contributed by atoms with van der Waals surface area (Å²) in [6, 6.07) is 5.50. The molecule has 1 fully saturated rings. The number of fused-ring (bicyclic) bond motifs is 2. The first-order valence-electron chi connectivity index (χ1n) is 10.2. The Morgan fingerprint density at radius 3 is 2.70 bits per heavy atom. The van der Waals surface area contributed by atoms with Gasteiger partial charge < -0.3 is 4.57 Å². The van der Waals surface area contributed by atoms with Gasteiger partial charge in [-0.05, 0) is 68.2 Å². The first kappa shape index (κ1) is 17.4. The van der Waals surface area contributed by atoms with E-state index in [1.54, 1.807) is 10.4 Å². The van der Waals surface area contributed by atoms with Crippen LogP contribution in [0.4, 0.5) is 0 Å².